The predicted molar refractivity (Wildman–Crippen MR) is 95.3 cm³/mol. The summed E-state index contributed by atoms with van der Waals surface area (Å²) in [4.78, 5) is 2.67. The Morgan fingerprint density at radius 2 is 2.00 bits per heavy atom. The normalized spacial score (nSPS) is 19.9. The molecule has 1 aliphatic heterocycles. The van der Waals surface area contributed by atoms with Gasteiger partial charge in [0.05, 0.1) is 0 Å². The van der Waals surface area contributed by atoms with Gasteiger partial charge in [0, 0.05) is 30.8 Å². The number of nitrogens with zero attached hydrogens (tertiary/aromatic N) is 1. The van der Waals surface area contributed by atoms with Crippen LogP contribution < -0.4 is 5.32 Å². The van der Waals surface area contributed by atoms with E-state index in [1.54, 1.807) is 0 Å². The lowest BCUT2D eigenvalue weighted by molar-refractivity contribution is 0.224. The predicted octanol–water partition coefficient (Wildman–Crippen LogP) is 3.38. The Morgan fingerprint density at radius 3 is 2.76 bits per heavy atom. The molecule has 0 aromatic heterocycles. The van der Waals surface area contributed by atoms with Crippen LogP contribution in [0.15, 0.2) is 30.3 Å². The van der Waals surface area contributed by atoms with Gasteiger partial charge in [-0.2, -0.15) is 11.8 Å². The van der Waals surface area contributed by atoms with Gasteiger partial charge in [-0.3, -0.25) is 0 Å². The maximum Gasteiger partial charge on any atom is 0.0177 e. The molecule has 0 aliphatic carbocycles. The Kier molecular flexibility index (Phi) is 7.08. The van der Waals surface area contributed by atoms with Gasteiger partial charge in [0.2, 0.25) is 0 Å². The monoisotopic (exact) mass is 306 g/mol. The lowest BCUT2D eigenvalue weighted by Gasteiger charge is -2.36. The molecule has 0 radical (unpaired) electrons. The van der Waals surface area contributed by atoms with Crippen molar-refractivity contribution in [1.29, 1.82) is 0 Å². The van der Waals surface area contributed by atoms with E-state index in [4.69, 9.17) is 0 Å². The van der Waals surface area contributed by atoms with Crippen LogP contribution in [0.4, 0.5) is 0 Å². The minimum Gasteiger partial charge on any atom is -0.316 e. The molecule has 3 heteroatoms. The molecule has 1 aromatic carbocycles. The number of hydrogen-bond donors (Lipinski definition) is 1. The number of thioether (sulfide) groups is 1. The minimum atomic E-state index is 0.200. The van der Waals surface area contributed by atoms with E-state index in [-0.39, 0.29) is 5.41 Å². The summed E-state index contributed by atoms with van der Waals surface area (Å²) in [7, 11) is 0. The SMILES string of the molecule is CCCNCC(C)(CN1CCCSCC1)c1ccccc1. The molecule has 21 heavy (non-hydrogen) atoms. The summed E-state index contributed by atoms with van der Waals surface area (Å²) in [5.74, 6) is 2.61. The molecule has 1 fully saturated rings. The first-order chi connectivity index (χ1) is 10.2. The molecule has 118 valence electrons. The standard InChI is InChI=1S/C18H30N2S/c1-3-10-19-15-18(2,17-8-5-4-6-9-17)16-20-11-7-13-21-14-12-20/h4-6,8-9,19H,3,7,10-16H2,1-2H3. The molecule has 1 atom stereocenters. The lowest BCUT2D eigenvalue weighted by atomic mass is 9.81. The van der Waals surface area contributed by atoms with Gasteiger partial charge < -0.3 is 10.2 Å². The summed E-state index contributed by atoms with van der Waals surface area (Å²) in [6.07, 6.45) is 2.53. The Balaban J connectivity index is 2.06. The van der Waals surface area contributed by atoms with E-state index in [2.05, 4.69) is 66.2 Å². The molecular formula is C18H30N2S. The molecule has 1 heterocycles. The van der Waals surface area contributed by atoms with Crippen molar-refractivity contribution in [2.75, 3.05) is 44.2 Å². The van der Waals surface area contributed by atoms with Crippen molar-refractivity contribution in [1.82, 2.24) is 10.2 Å². The van der Waals surface area contributed by atoms with Gasteiger partial charge in [-0.25, -0.2) is 0 Å². The highest BCUT2D eigenvalue weighted by Crippen LogP contribution is 2.25. The third-order valence-corrected chi connectivity index (χ3v) is 5.35. The fourth-order valence-corrected chi connectivity index (χ4v) is 4.00. The van der Waals surface area contributed by atoms with Gasteiger partial charge in [0.1, 0.15) is 0 Å². The highest BCUT2D eigenvalue weighted by atomic mass is 32.2. The Hall–Kier alpha value is -0.510. The minimum absolute atomic E-state index is 0.200. The molecule has 0 saturated carbocycles. The molecule has 1 aliphatic rings. The molecule has 0 bridgehead atoms. The summed E-state index contributed by atoms with van der Waals surface area (Å²) in [6, 6.07) is 11.0. The van der Waals surface area contributed by atoms with E-state index in [1.807, 2.05) is 0 Å². The van der Waals surface area contributed by atoms with Gasteiger partial charge >= 0.3 is 0 Å². The smallest absolute Gasteiger partial charge is 0.0177 e. The average molecular weight is 307 g/mol. The van der Waals surface area contributed by atoms with Gasteiger partial charge in [-0.05, 0) is 37.2 Å². The van der Waals surface area contributed by atoms with E-state index in [9.17, 15) is 0 Å². The van der Waals surface area contributed by atoms with E-state index < -0.39 is 0 Å². The van der Waals surface area contributed by atoms with Crippen molar-refractivity contribution in [3.63, 3.8) is 0 Å². The van der Waals surface area contributed by atoms with Gasteiger partial charge in [-0.1, -0.05) is 44.2 Å². The zero-order valence-electron chi connectivity index (χ0n) is 13.6. The van der Waals surface area contributed by atoms with Crippen LogP contribution in [0.5, 0.6) is 0 Å². The van der Waals surface area contributed by atoms with Crippen LogP contribution in [-0.2, 0) is 5.41 Å². The van der Waals surface area contributed by atoms with Crippen molar-refractivity contribution in [3.05, 3.63) is 35.9 Å². The molecule has 1 unspecified atom stereocenters. The summed E-state index contributed by atoms with van der Waals surface area (Å²) in [6.45, 7) is 10.5. The molecule has 2 nitrogen and oxygen atoms in total. The summed E-state index contributed by atoms with van der Waals surface area (Å²) >= 11 is 2.11. The maximum atomic E-state index is 3.65. The van der Waals surface area contributed by atoms with Gasteiger partial charge in [-0.15, -0.1) is 0 Å². The second-order valence-corrected chi connectivity index (χ2v) is 7.57. The highest BCUT2D eigenvalue weighted by Gasteiger charge is 2.29. The fraction of sp³-hybridized carbons (Fsp3) is 0.667. The number of benzene rings is 1. The van der Waals surface area contributed by atoms with Crippen LogP contribution in [0, 0.1) is 0 Å². The van der Waals surface area contributed by atoms with E-state index in [0.717, 1.165) is 19.6 Å². The third kappa shape index (κ3) is 5.32. The molecule has 1 N–H and O–H groups in total. The Labute approximate surface area is 134 Å². The first-order valence-electron chi connectivity index (χ1n) is 8.31. The van der Waals surface area contributed by atoms with Crippen molar-refractivity contribution in [2.45, 2.75) is 32.1 Å². The first-order valence-corrected chi connectivity index (χ1v) is 9.46. The van der Waals surface area contributed by atoms with Crippen LogP contribution in [0.1, 0.15) is 32.3 Å². The molecule has 1 aromatic rings. The molecular weight excluding hydrogens is 276 g/mol. The zero-order chi connectivity index (χ0) is 15.0. The summed E-state index contributed by atoms with van der Waals surface area (Å²) in [5, 5.41) is 3.65. The Bertz CT molecular complexity index is 387. The third-order valence-electron chi connectivity index (χ3n) is 4.30. The van der Waals surface area contributed by atoms with Crippen LogP contribution >= 0.6 is 11.8 Å². The van der Waals surface area contributed by atoms with E-state index in [1.165, 1.54) is 43.0 Å². The lowest BCUT2D eigenvalue weighted by Crippen LogP contribution is -2.46. The van der Waals surface area contributed by atoms with Crippen molar-refractivity contribution in [2.24, 2.45) is 0 Å². The quantitative estimate of drug-likeness (QED) is 0.778. The van der Waals surface area contributed by atoms with Crippen LogP contribution in [-0.4, -0.2) is 49.1 Å². The Morgan fingerprint density at radius 1 is 1.19 bits per heavy atom. The zero-order valence-corrected chi connectivity index (χ0v) is 14.4. The summed E-state index contributed by atoms with van der Waals surface area (Å²) in [5.41, 5.74) is 1.66. The largest absolute Gasteiger partial charge is 0.316 e. The second-order valence-electron chi connectivity index (χ2n) is 6.35. The highest BCUT2D eigenvalue weighted by molar-refractivity contribution is 7.99. The topological polar surface area (TPSA) is 15.3 Å². The van der Waals surface area contributed by atoms with Crippen LogP contribution in [0.25, 0.3) is 0 Å². The number of nitrogens with one attached hydrogen (secondary N) is 1. The number of hydrogen-bond acceptors (Lipinski definition) is 3. The summed E-state index contributed by atoms with van der Waals surface area (Å²) < 4.78 is 0. The average Bonchev–Trinajstić information content (AvgIpc) is 2.77. The van der Waals surface area contributed by atoms with E-state index >= 15 is 0 Å². The van der Waals surface area contributed by atoms with Gasteiger partial charge in [0.15, 0.2) is 0 Å². The van der Waals surface area contributed by atoms with Crippen LogP contribution in [0.3, 0.4) is 0 Å². The number of rotatable bonds is 7. The fourth-order valence-electron chi connectivity index (χ4n) is 3.08. The second kappa shape index (κ2) is 8.82. The van der Waals surface area contributed by atoms with Crippen LogP contribution in [0.2, 0.25) is 0 Å². The first kappa shape index (κ1) is 16.9. The van der Waals surface area contributed by atoms with Gasteiger partial charge in [0.25, 0.3) is 0 Å². The van der Waals surface area contributed by atoms with Crippen molar-refractivity contribution < 1.29 is 0 Å². The molecule has 0 amide bonds. The molecule has 1 saturated heterocycles. The van der Waals surface area contributed by atoms with Crippen molar-refractivity contribution >= 4 is 11.8 Å². The maximum absolute atomic E-state index is 3.65. The van der Waals surface area contributed by atoms with E-state index in [0.29, 0.717) is 0 Å². The van der Waals surface area contributed by atoms with Crippen molar-refractivity contribution in [3.8, 4) is 0 Å². The molecule has 0 spiro atoms. The molecule has 2 rings (SSSR count).